The number of benzene rings is 2. The highest BCUT2D eigenvalue weighted by Gasteiger charge is 2.18. The van der Waals surface area contributed by atoms with Crippen molar-refractivity contribution < 1.29 is 14.0 Å². The van der Waals surface area contributed by atoms with Crippen LogP contribution >= 0.6 is 27.5 Å². The average Bonchev–Trinajstić information content (AvgIpc) is 2.63. The van der Waals surface area contributed by atoms with E-state index in [0.717, 1.165) is 21.7 Å². The summed E-state index contributed by atoms with van der Waals surface area (Å²) in [4.78, 5) is 28.1. The lowest BCUT2D eigenvalue weighted by Gasteiger charge is -2.08. The highest BCUT2D eigenvalue weighted by molar-refractivity contribution is 9.10. The van der Waals surface area contributed by atoms with Gasteiger partial charge in [-0.3, -0.25) is 15.4 Å². The van der Waals surface area contributed by atoms with E-state index >= 15 is 0 Å². The third kappa shape index (κ3) is 4.69. The largest absolute Gasteiger partial charge is 0.327 e. The second-order valence-electron chi connectivity index (χ2n) is 5.44. The van der Waals surface area contributed by atoms with Crippen molar-refractivity contribution in [1.29, 1.82) is 0 Å². The topological polar surface area (TPSA) is 71.1 Å². The van der Waals surface area contributed by atoms with Crippen molar-refractivity contribution in [3.8, 4) is 11.1 Å². The second-order valence-corrected chi connectivity index (χ2v) is 6.77. The summed E-state index contributed by atoms with van der Waals surface area (Å²) in [6.07, 6.45) is 1.59. The van der Waals surface area contributed by atoms with Gasteiger partial charge in [0.2, 0.25) is 0 Å². The van der Waals surface area contributed by atoms with Crippen LogP contribution in [0.2, 0.25) is 5.02 Å². The van der Waals surface area contributed by atoms with Gasteiger partial charge in [-0.05, 0) is 42.0 Å². The molecule has 0 bridgehead atoms. The van der Waals surface area contributed by atoms with Crippen LogP contribution < -0.4 is 10.6 Å². The van der Waals surface area contributed by atoms with Gasteiger partial charge in [0.25, 0.3) is 5.91 Å². The van der Waals surface area contributed by atoms with Gasteiger partial charge in [0.1, 0.15) is 11.6 Å². The van der Waals surface area contributed by atoms with Gasteiger partial charge in [-0.25, -0.2) is 14.2 Å². The van der Waals surface area contributed by atoms with Crippen LogP contribution in [0, 0.1) is 5.82 Å². The number of pyridine rings is 1. The average molecular weight is 449 g/mol. The third-order valence-corrected chi connectivity index (χ3v) is 4.44. The standard InChI is InChI=1S/C19H12BrClFN3O2/c20-13-7-4-11(5-8-13)12-6-9-16(23-10-12)24-19(27)25-18(26)17-14(21)2-1-3-15(17)22/h1-10H,(H2,23,24,25,26,27). The highest BCUT2D eigenvalue weighted by Crippen LogP contribution is 2.22. The summed E-state index contributed by atoms with van der Waals surface area (Å²) in [5.41, 5.74) is 1.43. The number of hydrogen-bond acceptors (Lipinski definition) is 3. The number of anilines is 1. The number of nitrogens with one attached hydrogen (secondary N) is 2. The molecule has 0 radical (unpaired) electrons. The molecule has 136 valence electrons. The number of imide groups is 1. The summed E-state index contributed by atoms with van der Waals surface area (Å²) in [5, 5.41) is 4.35. The summed E-state index contributed by atoms with van der Waals surface area (Å²) < 4.78 is 14.7. The fraction of sp³-hybridized carbons (Fsp3) is 0. The van der Waals surface area contributed by atoms with E-state index in [2.05, 4.69) is 26.2 Å². The van der Waals surface area contributed by atoms with Gasteiger partial charge in [0.05, 0.1) is 10.6 Å². The first-order chi connectivity index (χ1) is 12.9. The lowest BCUT2D eigenvalue weighted by atomic mass is 10.1. The maximum absolute atomic E-state index is 13.7. The van der Waals surface area contributed by atoms with Crippen LogP contribution in [0.1, 0.15) is 10.4 Å². The Morgan fingerprint density at radius 3 is 2.33 bits per heavy atom. The Kier molecular flexibility index (Phi) is 5.83. The first-order valence-corrected chi connectivity index (χ1v) is 8.89. The molecule has 0 aliphatic rings. The van der Waals surface area contributed by atoms with Crippen molar-refractivity contribution in [1.82, 2.24) is 10.3 Å². The van der Waals surface area contributed by atoms with Crippen LogP contribution in [0.15, 0.2) is 65.3 Å². The van der Waals surface area contributed by atoms with Gasteiger partial charge in [0.15, 0.2) is 0 Å². The molecule has 27 heavy (non-hydrogen) atoms. The maximum Gasteiger partial charge on any atom is 0.327 e. The van der Waals surface area contributed by atoms with Crippen molar-refractivity contribution in [3.05, 3.63) is 81.7 Å². The minimum atomic E-state index is -0.943. The third-order valence-electron chi connectivity index (χ3n) is 3.60. The van der Waals surface area contributed by atoms with E-state index in [1.807, 2.05) is 29.6 Å². The van der Waals surface area contributed by atoms with Crippen LogP contribution in [0.4, 0.5) is 15.0 Å². The molecule has 3 aromatic rings. The van der Waals surface area contributed by atoms with Crippen LogP contribution in [0.5, 0.6) is 0 Å². The predicted octanol–water partition coefficient (Wildman–Crippen LogP) is 5.27. The smallest absolute Gasteiger partial charge is 0.292 e. The Bertz CT molecular complexity index is 975. The number of nitrogens with zero attached hydrogens (tertiary/aromatic N) is 1. The van der Waals surface area contributed by atoms with Gasteiger partial charge in [-0.1, -0.05) is 45.7 Å². The molecule has 2 N–H and O–H groups in total. The van der Waals surface area contributed by atoms with E-state index in [9.17, 15) is 14.0 Å². The van der Waals surface area contributed by atoms with E-state index in [1.165, 1.54) is 12.1 Å². The Hall–Kier alpha value is -2.77. The molecule has 0 aliphatic heterocycles. The van der Waals surface area contributed by atoms with Crippen molar-refractivity contribution in [3.63, 3.8) is 0 Å². The zero-order chi connectivity index (χ0) is 19.4. The first kappa shape index (κ1) is 19.0. The number of halogens is 3. The lowest BCUT2D eigenvalue weighted by Crippen LogP contribution is -2.35. The normalized spacial score (nSPS) is 10.3. The molecular formula is C19H12BrClFN3O2. The summed E-state index contributed by atoms with van der Waals surface area (Å²) >= 11 is 9.18. The van der Waals surface area contributed by atoms with Crippen LogP contribution in [-0.4, -0.2) is 16.9 Å². The summed E-state index contributed by atoms with van der Waals surface area (Å²) in [6.45, 7) is 0. The van der Waals surface area contributed by atoms with Crippen molar-refractivity contribution in [2.24, 2.45) is 0 Å². The number of rotatable bonds is 3. The van der Waals surface area contributed by atoms with Crippen molar-refractivity contribution in [2.75, 3.05) is 5.32 Å². The number of aromatic nitrogens is 1. The molecule has 3 rings (SSSR count). The van der Waals surface area contributed by atoms with Gasteiger partial charge in [-0.15, -0.1) is 0 Å². The minimum Gasteiger partial charge on any atom is -0.292 e. The lowest BCUT2D eigenvalue weighted by molar-refractivity contribution is 0.0963. The highest BCUT2D eigenvalue weighted by atomic mass is 79.9. The molecule has 2 aromatic carbocycles. The Balaban J connectivity index is 1.66. The Morgan fingerprint density at radius 1 is 1.00 bits per heavy atom. The Morgan fingerprint density at radius 2 is 1.70 bits per heavy atom. The summed E-state index contributed by atoms with van der Waals surface area (Å²) in [6, 6.07) is 14.0. The predicted molar refractivity (Wildman–Crippen MR) is 105 cm³/mol. The number of hydrogen-bond donors (Lipinski definition) is 2. The Labute approximate surface area is 167 Å². The zero-order valence-electron chi connectivity index (χ0n) is 13.7. The van der Waals surface area contributed by atoms with Gasteiger partial charge < -0.3 is 0 Å². The molecule has 1 aromatic heterocycles. The molecule has 0 fully saturated rings. The summed E-state index contributed by atoms with van der Waals surface area (Å²) in [7, 11) is 0. The zero-order valence-corrected chi connectivity index (χ0v) is 16.0. The maximum atomic E-state index is 13.7. The summed E-state index contributed by atoms with van der Waals surface area (Å²) in [5.74, 6) is -1.52. The van der Waals surface area contributed by atoms with Crippen LogP contribution in [0.25, 0.3) is 11.1 Å². The van der Waals surface area contributed by atoms with Crippen LogP contribution in [0.3, 0.4) is 0 Å². The van der Waals surface area contributed by atoms with E-state index < -0.39 is 23.3 Å². The van der Waals surface area contributed by atoms with E-state index in [-0.39, 0.29) is 10.8 Å². The minimum absolute atomic E-state index is 0.0859. The van der Waals surface area contributed by atoms with Gasteiger partial charge in [-0.2, -0.15) is 0 Å². The van der Waals surface area contributed by atoms with E-state index in [1.54, 1.807) is 18.3 Å². The van der Waals surface area contributed by atoms with Crippen molar-refractivity contribution in [2.45, 2.75) is 0 Å². The fourth-order valence-corrected chi connectivity index (χ4v) is 2.82. The molecular weight excluding hydrogens is 437 g/mol. The number of amides is 3. The fourth-order valence-electron chi connectivity index (χ4n) is 2.31. The number of carbonyl (C=O) groups is 2. The molecule has 0 saturated heterocycles. The van der Waals surface area contributed by atoms with E-state index in [0.29, 0.717) is 0 Å². The van der Waals surface area contributed by atoms with Crippen molar-refractivity contribution >= 4 is 45.3 Å². The SMILES string of the molecule is O=C(NC(=O)c1c(F)cccc1Cl)Nc1ccc(-c2ccc(Br)cc2)cn1. The van der Waals surface area contributed by atoms with Gasteiger partial charge >= 0.3 is 6.03 Å². The molecule has 0 aliphatic carbocycles. The molecule has 8 heteroatoms. The number of carbonyl (C=O) groups excluding carboxylic acids is 2. The molecule has 5 nitrogen and oxygen atoms in total. The van der Waals surface area contributed by atoms with E-state index in [4.69, 9.17) is 11.6 Å². The molecule has 0 spiro atoms. The monoisotopic (exact) mass is 447 g/mol. The quantitative estimate of drug-likeness (QED) is 0.574. The number of urea groups is 1. The molecule has 0 saturated carbocycles. The molecule has 0 atom stereocenters. The molecule has 0 unspecified atom stereocenters. The first-order valence-electron chi connectivity index (χ1n) is 7.72. The van der Waals surface area contributed by atoms with Gasteiger partial charge in [0, 0.05) is 16.2 Å². The molecule has 1 heterocycles. The van der Waals surface area contributed by atoms with Crippen LogP contribution in [-0.2, 0) is 0 Å². The second kappa shape index (κ2) is 8.28. The molecule has 3 amide bonds.